The van der Waals surface area contributed by atoms with Crippen LogP contribution in [0.15, 0.2) is 54.1 Å². The molecule has 0 saturated heterocycles. The third kappa shape index (κ3) is 4.96. The molecule has 0 amide bonds. The number of hydrogen-bond donors (Lipinski definition) is 0. The maximum absolute atomic E-state index is 12.3. The van der Waals surface area contributed by atoms with Gasteiger partial charge in [-0.2, -0.15) is 10.5 Å². The molecule has 0 N–H and O–H groups in total. The van der Waals surface area contributed by atoms with Crippen LogP contribution >= 0.6 is 0 Å². The van der Waals surface area contributed by atoms with E-state index in [-0.39, 0.29) is 5.97 Å². The predicted molar refractivity (Wildman–Crippen MR) is 117 cm³/mol. The maximum atomic E-state index is 12.3. The third-order valence-corrected chi connectivity index (χ3v) is 5.08. The van der Waals surface area contributed by atoms with E-state index >= 15 is 0 Å². The summed E-state index contributed by atoms with van der Waals surface area (Å²) in [6.07, 6.45) is 4.37. The van der Waals surface area contributed by atoms with Gasteiger partial charge in [-0.05, 0) is 60.9 Å². The Morgan fingerprint density at radius 2 is 1.63 bits per heavy atom. The van der Waals surface area contributed by atoms with Gasteiger partial charge in [-0.15, -0.1) is 0 Å². The van der Waals surface area contributed by atoms with Crippen molar-refractivity contribution in [3.05, 3.63) is 76.4 Å². The van der Waals surface area contributed by atoms with E-state index in [4.69, 9.17) is 15.3 Å². The molecule has 0 fully saturated rings. The van der Waals surface area contributed by atoms with Crippen LogP contribution in [0.3, 0.4) is 0 Å². The number of nitrogens with zero attached hydrogens (tertiary/aromatic N) is 3. The number of benzene rings is 2. The van der Waals surface area contributed by atoms with Crippen LogP contribution in [-0.2, 0) is 9.53 Å². The van der Waals surface area contributed by atoms with E-state index in [0.717, 1.165) is 22.4 Å². The van der Waals surface area contributed by atoms with Gasteiger partial charge in [0, 0.05) is 24.3 Å². The van der Waals surface area contributed by atoms with Crippen molar-refractivity contribution in [1.82, 2.24) is 0 Å². The second kappa shape index (κ2) is 9.58. The number of nitriles is 2. The van der Waals surface area contributed by atoms with E-state index in [0.29, 0.717) is 37.3 Å². The van der Waals surface area contributed by atoms with Crippen molar-refractivity contribution in [1.29, 1.82) is 10.5 Å². The number of rotatable bonds is 7. The van der Waals surface area contributed by atoms with Gasteiger partial charge < -0.3 is 9.64 Å². The molecular formula is C25H23N3O2. The average molecular weight is 397 g/mol. The number of aryl methyl sites for hydroxylation is 2. The van der Waals surface area contributed by atoms with Crippen LogP contribution in [0.5, 0.6) is 0 Å². The van der Waals surface area contributed by atoms with Crippen molar-refractivity contribution in [2.45, 2.75) is 26.7 Å². The van der Waals surface area contributed by atoms with E-state index in [2.05, 4.69) is 12.1 Å². The SMILES string of the molecule is Cc1ccc(C2=C/C(=C\c3ccc(N(CCC#N)CCC#N)cc3)C(=O)O2)cc1C. The lowest BCUT2D eigenvalue weighted by Gasteiger charge is -2.22. The summed E-state index contributed by atoms with van der Waals surface area (Å²) in [5.74, 6) is 0.196. The number of esters is 1. The summed E-state index contributed by atoms with van der Waals surface area (Å²) in [4.78, 5) is 14.3. The van der Waals surface area contributed by atoms with E-state index in [1.54, 1.807) is 12.2 Å². The summed E-state index contributed by atoms with van der Waals surface area (Å²) < 4.78 is 5.46. The quantitative estimate of drug-likeness (QED) is 0.490. The van der Waals surface area contributed by atoms with Gasteiger partial charge in [0.05, 0.1) is 30.6 Å². The standard InChI is InChI=1S/C25H23N3O2/c1-18-5-8-21(15-19(18)2)24-17-22(25(29)30-24)16-20-6-9-23(10-7-20)28(13-3-11-26)14-4-12-27/h5-10,15-17H,3-4,13-14H2,1-2H3/b22-16+. The highest BCUT2D eigenvalue weighted by atomic mass is 16.5. The van der Waals surface area contributed by atoms with Crippen LogP contribution in [0, 0.1) is 36.5 Å². The first kappa shape index (κ1) is 20.9. The summed E-state index contributed by atoms with van der Waals surface area (Å²) in [5, 5.41) is 17.7. The van der Waals surface area contributed by atoms with Crippen molar-refractivity contribution in [3.63, 3.8) is 0 Å². The monoisotopic (exact) mass is 397 g/mol. The topological polar surface area (TPSA) is 77.1 Å². The molecule has 1 heterocycles. The molecule has 150 valence electrons. The number of anilines is 1. The largest absolute Gasteiger partial charge is 0.422 e. The molecule has 0 bridgehead atoms. The van der Waals surface area contributed by atoms with Crippen LogP contribution in [0.2, 0.25) is 0 Å². The molecule has 1 aliphatic rings. The van der Waals surface area contributed by atoms with Gasteiger partial charge in [-0.1, -0.05) is 24.3 Å². The molecule has 2 aromatic carbocycles. The molecule has 0 spiro atoms. The lowest BCUT2D eigenvalue weighted by molar-refractivity contribution is -0.130. The zero-order valence-electron chi connectivity index (χ0n) is 17.2. The molecule has 0 aliphatic carbocycles. The first-order valence-corrected chi connectivity index (χ1v) is 9.84. The van der Waals surface area contributed by atoms with Crippen molar-refractivity contribution >= 4 is 23.5 Å². The second-order valence-electron chi connectivity index (χ2n) is 7.19. The summed E-state index contributed by atoms with van der Waals surface area (Å²) in [6, 6.07) is 18.0. The molecule has 0 radical (unpaired) electrons. The summed E-state index contributed by atoms with van der Waals surface area (Å²) >= 11 is 0. The third-order valence-electron chi connectivity index (χ3n) is 5.08. The number of cyclic esters (lactones) is 1. The molecule has 1 aliphatic heterocycles. The molecule has 0 saturated carbocycles. The highest BCUT2D eigenvalue weighted by molar-refractivity contribution is 6.05. The molecule has 3 rings (SSSR count). The van der Waals surface area contributed by atoms with Crippen LogP contribution in [0.4, 0.5) is 5.69 Å². The fraction of sp³-hybridized carbons (Fsp3) is 0.240. The van der Waals surface area contributed by atoms with Crippen molar-refractivity contribution in [2.75, 3.05) is 18.0 Å². The molecule has 2 aromatic rings. The van der Waals surface area contributed by atoms with Crippen molar-refractivity contribution in [2.24, 2.45) is 0 Å². The zero-order valence-corrected chi connectivity index (χ0v) is 17.2. The Morgan fingerprint density at radius 3 is 2.23 bits per heavy atom. The minimum Gasteiger partial charge on any atom is -0.422 e. The lowest BCUT2D eigenvalue weighted by Crippen LogP contribution is -2.25. The molecule has 5 nitrogen and oxygen atoms in total. The number of hydrogen-bond acceptors (Lipinski definition) is 5. The smallest absolute Gasteiger partial charge is 0.343 e. The highest BCUT2D eigenvalue weighted by Crippen LogP contribution is 2.29. The van der Waals surface area contributed by atoms with E-state index in [1.807, 2.05) is 61.2 Å². The van der Waals surface area contributed by atoms with Crippen LogP contribution in [0.25, 0.3) is 11.8 Å². The van der Waals surface area contributed by atoms with Gasteiger partial charge in [-0.3, -0.25) is 0 Å². The van der Waals surface area contributed by atoms with Gasteiger partial charge in [0.2, 0.25) is 0 Å². The minimum absolute atomic E-state index is 0.364. The van der Waals surface area contributed by atoms with Crippen molar-refractivity contribution < 1.29 is 9.53 Å². The van der Waals surface area contributed by atoms with Gasteiger partial charge >= 0.3 is 5.97 Å². The number of ether oxygens (including phenoxy) is 1. The van der Waals surface area contributed by atoms with E-state index < -0.39 is 0 Å². The Hall–Kier alpha value is -3.83. The van der Waals surface area contributed by atoms with Gasteiger partial charge in [0.1, 0.15) is 5.76 Å². The second-order valence-corrected chi connectivity index (χ2v) is 7.19. The minimum atomic E-state index is -0.364. The fourth-order valence-electron chi connectivity index (χ4n) is 3.23. The summed E-state index contributed by atoms with van der Waals surface area (Å²) in [5.41, 5.74) is 5.55. The zero-order chi connectivity index (χ0) is 21.5. The lowest BCUT2D eigenvalue weighted by atomic mass is 10.0. The number of carbonyl (C=O) groups is 1. The Labute approximate surface area is 177 Å². The Kier molecular flexibility index (Phi) is 6.67. The Bertz CT molecular complexity index is 1060. The average Bonchev–Trinajstić information content (AvgIpc) is 3.11. The fourth-order valence-corrected chi connectivity index (χ4v) is 3.23. The van der Waals surface area contributed by atoms with E-state index in [9.17, 15) is 4.79 Å². The molecular weight excluding hydrogens is 374 g/mol. The Balaban J connectivity index is 1.79. The maximum Gasteiger partial charge on any atom is 0.343 e. The molecule has 30 heavy (non-hydrogen) atoms. The van der Waals surface area contributed by atoms with Crippen molar-refractivity contribution in [3.8, 4) is 12.1 Å². The first-order valence-electron chi connectivity index (χ1n) is 9.84. The summed E-state index contributed by atoms with van der Waals surface area (Å²) in [7, 11) is 0. The molecule has 0 aromatic heterocycles. The van der Waals surface area contributed by atoms with Crippen LogP contribution < -0.4 is 4.90 Å². The molecule has 5 heteroatoms. The predicted octanol–water partition coefficient (Wildman–Crippen LogP) is 4.92. The summed E-state index contributed by atoms with van der Waals surface area (Å²) in [6.45, 7) is 5.23. The molecule has 0 atom stereocenters. The van der Waals surface area contributed by atoms with E-state index in [1.165, 1.54) is 5.56 Å². The molecule has 0 unspecified atom stereocenters. The van der Waals surface area contributed by atoms with Crippen LogP contribution in [-0.4, -0.2) is 19.1 Å². The normalized spacial score (nSPS) is 14.1. The van der Waals surface area contributed by atoms with Gasteiger partial charge in [0.15, 0.2) is 0 Å². The Morgan fingerprint density at radius 1 is 0.967 bits per heavy atom. The van der Waals surface area contributed by atoms with Gasteiger partial charge in [0.25, 0.3) is 0 Å². The number of carbonyl (C=O) groups excluding carboxylic acids is 1. The highest BCUT2D eigenvalue weighted by Gasteiger charge is 2.22. The van der Waals surface area contributed by atoms with Crippen LogP contribution in [0.1, 0.15) is 35.1 Å². The van der Waals surface area contributed by atoms with Gasteiger partial charge in [-0.25, -0.2) is 4.79 Å². The first-order chi connectivity index (χ1) is 14.5.